The highest BCUT2D eigenvalue weighted by Crippen LogP contribution is 2.13. The number of nitrogens with zero attached hydrogens (tertiary/aromatic N) is 3. The van der Waals surface area contributed by atoms with Gasteiger partial charge in [-0.25, -0.2) is 9.97 Å². The quantitative estimate of drug-likeness (QED) is 0.875. The number of aromatic nitrogens is 2. The fourth-order valence-corrected chi connectivity index (χ4v) is 2.38. The maximum atomic E-state index is 12.2. The van der Waals surface area contributed by atoms with E-state index in [0.29, 0.717) is 29.3 Å². The molecule has 7 nitrogen and oxygen atoms in total. The highest BCUT2D eigenvalue weighted by atomic mass is 16.5. The molecule has 1 fully saturated rings. The molecule has 0 bridgehead atoms. The van der Waals surface area contributed by atoms with Crippen LogP contribution in [0.1, 0.15) is 28.8 Å². The summed E-state index contributed by atoms with van der Waals surface area (Å²) in [6.07, 6.45) is 5.28. The Hall–Kier alpha value is -2.98. The van der Waals surface area contributed by atoms with E-state index in [4.69, 9.17) is 10.00 Å². The number of rotatable bonds is 5. The number of carbonyl (C=O) groups is 1. The van der Waals surface area contributed by atoms with Crippen LogP contribution in [0.3, 0.4) is 0 Å². The van der Waals surface area contributed by atoms with E-state index in [2.05, 4.69) is 20.6 Å². The van der Waals surface area contributed by atoms with Gasteiger partial charge in [-0.3, -0.25) is 4.79 Å². The van der Waals surface area contributed by atoms with E-state index in [9.17, 15) is 4.79 Å². The Morgan fingerprint density at radius 3 is 2.67 bits per heavy atom. The van der Waals surface area contributed by atoms with Crippen molar-refractivity contribution in [2.24, 2.45) is 0 Å². The van der Waals surface area contributed by atoms with E-state index in [-0.39, 0.29) is 12.0 Å². The monoisotopic (exact) mass is 323 g/mol. The molecule has 0 spiro atoms. The van der Waals surface area contributed by atoms with Crippen LogP contribution in [0.15, 0.2) is 36.7 Å². The minimum absolute atomic E-state index is 0.202. The van der Waals surface area contributed by atoms with Crippen molar-refractivity contribution in [1.29, 1.82) is 5.26 Å². The lowest BCUT2D eigenvalue weighted by atomic mass is 10.2. The zero-order valence-corrected chi connectivity index (χ0v) is 13.0. The third-order valence-electron chi connectivity index (χ3n) is 3.70. The Balaban J connectivity index is 1.55. The number of nitriles is 1. The van der Waals surface area contributed by atoms with Crippen LogP contribution in [0, 0.1) is 11.3 Å². The molecule has 0 saturated carbocycles. The third kappa shape index (κ3) is 4.06. The van der Waals surface area contributed by atoms with Gasteiger partial charge in [0, 0.05) is 31.2 Å². The van der Waals surface area contributed by atoms with Crippen molar-refractivity contribution in [3.8, 4) is 6.07 Å². The van der Waals surface area contributed by atoms with Gasteiger partial charge in [0.15, 0.2) is 0 Å². The first-order valence-electron chi connectivity index (χ1n) is 7.73. The number of anilines is 2. The Kier molecular flexibility index (Phi) is 4.99. The van der Waals surface area contributed by atoms with E-state index in [1.54, 1.807) is 24.3 Å². The zero-order chi connectivity index (χ0) is 16.8. The summed E-state index contributed by atoms with van der Waals surface area (Å²) in [4.78, 5) is 20.4. The average molecular weight is 323 g/mol. The van der Waals surface area contributed by atoms with Crippen LogP contribution >= 0.6 is 0 Å². The number of ether oxygens (including phenoxy) is 1. The Morgan fingerprint density at radius 2 is 2.04 bits per heavy atom. The van der Waals surface area contributed by atoms with E-state index in [0.717, 1.165) is 19.4 Å². The lowest BCUT2D eigenvalue weighted by Crippen LogP contribution is -2.20. The minimum atomic E-state index is -0.301. The molecule has 24 heavy (non-hydrogen) atoms. The Labute approximate surface area is 139 Å². The molecule has 0 aliphatic carbocycles. The van der Waals surface area contributed by atoms with Gasteiger partial charge >= 0.3 is 0 Å². The van der Waals surface area contributed by atoms with E-state index >= 15 is 0 Å². The van der Waals surface area contributed by atoms with E-state index < -0.39 is 0 Å². The Bertz CT molecular complexity index is 731. The van der Waals surface area contributed by atoms with Gasteiger partial charge in [-0.1, -0.05) is 0 Å². The van der Waals surface area contributed by atoms with Crippen molar-refractivity contribution < 1.29 is 9.53 Å². The van der Waals surface area contributed by atoms with Gasteiger partial charge in [-0.15, -0.1) is 0 Å². The summed E-state index contributed by atoms with van der Waals surface area (Å²) in [6, 6.07) is 8.67. The number of benzene rings is 1. The van der Waals surface area contributed by atoms with Crippen molar-refractivity contribution in [3.63, 3.8) is 0 Å². The molecule has 1 aliphatic heterocycles. The maximum Gasteiger partial charge on any atom is 0.258 e. The van der Waals surface area contributed by atoms with Crippen LogP contribution in [-0.4, -0.2) is 35.1 Å². The molecule has 3 rings (SSSR count). The van der Waals surface area contributed by atoms with Crippen LogP contribution in [0.5, 0.6) is 0 Å². The predicted molar refractivity (Wildman–Crippen MR) is 88.6 cm³/mol. The van der Waals surface area contributed by atoms with Crippen molar-refractivity contribution in [2.75, 3.05) is 23.8 Å². The van der Waals surface area contributed by atoms with Gasteiger partial charge in [0.2, 0.25) is 5.95 Å². The van der Waals surface area contributed by atoms with Gasteiger partial charge in [0.25, 0.3) is 5.91 Å². The van der Waals surface area contributed by atoms with Gasteiger partial charge in [0.1, 0.15) is 0 Å². The fourth-order valence-electron chi connectivity index (χ4n) is 2.38. The predicted octanol–water partition coefficient (Wildman–Crippen LogP) is 2.19. The molecule has 7 heteroatoms. The number of carbonyl (C=O) groups excluding carboxylic acids is 1. The molecule has 0 radical (unpaired) electrons. The molecule has 1 aromatic heterocycles. The second kappa shape index (κ2) is 7.53. The third-order valence-corrected chi connectivity index (χ3v) is 3.70. The smallest absolute Gasteiger partial charge is 0.258 e. The molecular formula is C17H17N5O2. The molecule has 1 unspecified atom stereocenters. The molecule has 1 saturated heterocycles. The van der Waals surface area contributed by atoms with Crippen LogP contribution < -0.4 is 10.6 Å². The van der Waals surface area contributed by atoms with Gasteiger partial charge in [-0.2, -0.15) is 5.26 Å². The summed E-state index contributed by atoms with van der Waals surface area (Å²) in [6.45, 7) is 1.47. The summed E-state index contributed by atoms with van der Waals surface area (Å²) in [7, 11) is 0. The summed E-state index contributed by atoms with van der Waals surface area (Å²) >= 11 is 0. The normalized spacial score (nSPS) is 16.4. The highest BCUT2D eigenvalue weighted by Gasteiger charge is 2.15. The number of amides is 1. The molecule has 1 atom stereocenters. The molecule has 2 heterocycles. The largest absolute Gasteiger partial charge is 0.376 e. The summed E-state index contributed by atoms with van der Waals surface area (Å²) in [5.41, 5.74) is 1.51. The average Bonchev–Trinajstić information content (AvgIpc) is 3.14. The summed E-state index contributed by atoms with van der Waals surface area (Å²) < 4.78 is 5.52. The minimum Gasteiger partial charge on any atom is -0.376 e. The maximum absolute atomic E-state index is 12.2. The van der Waals surface area contributed by atoms with Crippen molar-refractivity contribution in [1.82, 2.24) is 9.97 Å². The van der Waals surface area contributed by atoms with Gasteiger partial charge < -0.3 is 15.4 Å². The number of hydrogen-bond donors (Lipinski definition) is 2. The molecule has 122 valence electrons. The molecule has 2 N–H and O–H groups in total. The second-order valence-electron chi connectivity index (χ2n) is 5.45. The van der Waals surface area contributed by atoms with Crippen LogP contribution in [0.4, 0.5) is 11.6 Å². The van der Waals surface area contributed by atoms with Gasteiger partial charge in [-0.05, 0) is 37.1 Å². The SMILES string of the molecule is N#Cc1ccc(NC(=O)c2cnc(NCC3CCCO3)nc2)cc1. The van der Waals surface area contributed by atoms with E-state index in [1.807, 2.05) is 6.07 Å². The molecule has 1 aromatic carbocycles. The summed E-state index contributed by atoms with van der Waals surface area (Å²) in [5, 5.41) is 14.6. The lowest BCUT2D eigenvalue weighted by Gasteiger charge is -2.10. The first-order valence-corrected chi connectivity index (χ1v) is 7.73. The first-order chi connectivity index (χ1) is 11.7. The number of nitrogens with one attached hydrogen (secondary N) is 2. The van der Waals surface area contributed by atoms with Crippen LogP contribution in [-0.2, 0) is 4.74 Å². The molecule has 1 amide bonds. The second-order valence-corrected chi connectivity index (χ2v) is 5.45. The lowest BCUT2D eigenvalue weighted by molar-refractivity contribution is 0.102. The highest BCUT2D eigenvalue weighted by molar-refractivity contribution is 6.03. The first kappa shape index (κ1) is 15.9. The standard InChI is InChI=1S/C17H17N5O2/c18-8-12-3-5-14(6-4-12)22-16(23)13-9-19-17(20-10-13)21-11-15-2-1-7-24-15/h3-6,9-10,15H,1-2,7,11H2,(H,22,23)(H,19,20,21). The van der Waals surface area contributed by atoms with Crippen LogP contribution in [0.25, 0.3) is 0 Å². The summed E-state index contributed by atoms with van der Waals surface area (Å²) in [5.74, 6) is 0.172. The van der Waals surface area contributed by atoms with Gasteiger partial charge in [0.05, 0.1) is 23.3 Å². The molecular weight excluding hydrogens is 306 g/mol. The van der Waals surface area contributed by atoms with Crippen molar-refractivity contribution in [2.45, 2.75) is 18.9 Å². The molecule has 1 aliphatic rings. The molecule has 2 aromatic rings. The van der Waals surface area contributed by atoms with E-state index in [1.165, 1.54) is 12.4 Å². The zero-order valence-electron chi connectivity index (χ0n) is 13.0. The van der Waals surface area contributed by atoms with Crippen molar-refractivity contribution >= 4 is 17.5 Å². The van der Waals surface area contributed by atoms with Crippen molar-refractivity contribution in [3.05, 3.63) is 47.8 Å². The number of hydrogen-bond acceptors (Lipinski definition) is 6. The van der Waals surface area contributed by atoms with Crippen LogP contribution in [0.2, 0.25) is 0 Å². The topological polar surface area (TPSA) is 99.9 Å². The Morgan fingerprint density at radius 1 is 1.29 bits per heavy atom. The fraction of sp³-hybridized carbons (Fsp3) is 0.294.